The van der Waals surface area contributed by atoms with Crippen molar-refractivity contribution < 1.29 is 13.6 Å². The normalized spacial score (nSPS) is 16.1. The SMILES string of the molecule is Cc1nn(-c2ccccc2)c(C)c1C(=O)NCC1CCN(c2ccc(F)c(F)c2)C1. The van der Waals surface area contributed by atoms with E-state index >= 15 is 0 Å². The van der Waals surface area contributed by atoms with Gasteiger partial charge in [-0.1, -0.05) is 18.2 Å². The number of hydrogen-bond donors (Lipinski definition) is 1. The molecular weight excluding hydrogens is 386 g/mol. The van der Waals surface area contributed by atoms with Crippen LogP contribution in [0.5, 0.6) is 0 Å². The number of anilines is 1. The second kappa shape index (κ2) is 8.26. The molecular formula is C23H24F2N4O. The predicted molar refractivity (Wildman–Crippen MR) is 112 cm³/mol. The highest BCUT2D eigenvalue weighted by atomic mass is 19.2. The fourth-order valence-corrected chi connectivity index (χ4v) is 4.03. The molecule has 2 heterocycles. The molecule has 1 aromatic heterocycles. The lowest BCUT2D eigenvalue weighted by molar-refractivity contribution is 0.0947. The Bertz CT molecular complexity index is 1060. The zero-order chi connectivity index (χ0) is 21.3. The van der Waals surface area contributed by atoms with Gasteiger partial charge in [-0.2, -0.15) is 5.10 Å². The highest BCUT2D eigenvalue weighted by molar-refractivity contribution is 5.96. The predicted octanol–water partition coefficient (Wildman–Crippen LogP) is 4.02. The van der Waals surface area contributed by atoms with Gasteiger partial charge in [-0.15, -0.1) is 0 Å². The lowest BCUT2D eigenvalue weighted by Gasteiger charge is -2.19. The number of para-hydroxylation sites is 1. The number of benzene rings is 2. The van der Waals surface area contributed by atoms with E-state index in [9.17, 15) is 13.6 Å². The van der Waals surface area contributed by atoms with Gasteiger partial charge >= 0.3 is 0 Å². The van der Waals surface area contributed by atoms with Crippen molar-refractivity contribution in [2.45, 2.75) is 20.3 Å². The van der Waals surface area contributed by atoms with Gasteiger partial charge in [0.05, 0.1) is 22.6 Å². The molecule has 1 N–H and O–H groups in total. The molecule has 1 fully saturated rings. The van der Waals surface area contributed by atoms with Crippen molar-refractivity contribution in [2.75, 3.05) is 24.5 Å². The van der Waals surface area contributed by atoms with Crippen LogP contribution in [0.25, 0.3) is 5.69 Å². The van der Waals surface area contributed by atoms with Crippen LogP contribution in [0.1, 0.15) is 28.2 Å². The van der Waals surface area contributed by atoms with E-state index in [0.29, 0.717) is 30.0 Å². The molecule has 1 aliphatic rings. The summed E-state index contributed by atoms with van der Waals surface area (Å²) in [4.78, 5) is 14.9. The summed E-state index contributed by atoms with van der Waals surface area (Å²) < 4.78 is 28.4. The summed E-state index contributed by atoms with van der Waals surface area (Å²) in [5.74, 6) is -1.58. The van der Waals surface area contributed by atoms with E-state index in [4.69, 9.17) is 0 Å². The first-order valence-corrected chi connectivity index (χ1v) is 10.0. The van der Waals surface area contributed by atoms with Crippen molar-refractivity contribution in [1.29, 1.82) is 0 Å². The number of aryl methyl sites for hydroxylation is 1. The number of nitrogens with one attached hydrogen (secondary N) is 1. The van der Waals surface area contributed by atoms with Gasteiger partial charge < -0.3 is 10.2 Å². The van der Waals surface area contributed by atoms with Gasteiger partial charge in [-0.05, 0) is 50.5 Å². The summed E-state index contributed by atoms with van der Waals surface area (Å²) in [6, 6.07) is 13.7. The van der Waals surface area contributed by atoms with Crippen LogP contribution >= 0.6 is 0 Å². The van der Waals surface area contributed by atoms with E-state index in [1.807, 2.05) is 49.1 Å². The lowest BCUT2D eigenvalue weighted by atomic mass is 10.1. The zero-order valence-electron chi connectivity index (χ0n) is 17.0. The molecule has 2 aromatic carbocycles. The average Bonchev–Trinajstić information content (AvgIpc) is 3.33. The van der Waals surface area contributed by atoms with Crippen LogP contribution in [-0.4, -0.2) is 35.3 Å². The number of carbonyl (C=O) groups is 1. The Labute approximate surface area is 174 Å². The van der Waals surface area contributed by atoms with Crippen LogP contribution in [0.3, 0.4) is 0 Å². The van der Waals surface area contributed by atoms with Crippen LogP contribution < -0.4 is 10.2 Å². The minimum atomic E-state index is -0.844. The Hall–Kier alpha value is -3.22. The van der Waals surface area contributed by atoms with E-state index in [0.717, 1.165) is 30.4 Å². The third-order valence-corrected chi connectivity index (χ3v) is 5.62. The number of amides is 1. The number of halogens is 2. The molecule has 1 amide bonds. The first-order chi connectivity index (χ1) is 14.4. The molecule has 0 bridgehead atoms. The van der Waals surface area contributed by atoms with Gasteiger partial charge in [-0.25, -0.2) is 13.5 Å². The minimum absolute atomic E-state index is 0.140. The summed E-state index contributed by atoms with van der Waals surface area (Å²) in [6.07, 6.45) is 0.876. The average molecular weight is 410 g/mol. The molecule has 30 heavy (non-hydrogen) atoms. The molecule has 156 valence electrons. The van der Waals surface area contributed by atoms with E-state index < -0.39 is 11.6 Å². The molecule has 0 spiro atoms. The minimum Gasteiger partial charge on any atom is -0.371 e. The van der Waals surface area contributed by atoms with Crippen molar-refractivity contribution in [2.24, 2.45) is 5.92 Å². The molecule has 0 aliphatic carbocycles. The second-order valence-corrected chi connectivity index (χ2v) is 7.70. The van der Waals surface area contributed by atoms with E-state index in [1.165, 1.54) is 6.07 Å². The summed E-state index contributed by atoms with van der Waals surface area (Å²) in [5, 5.41) is 7.56. The maximum atomic E-state index is 13.5. The maximum absolute atomic E-state index is 13.5. The molecule has 4 rings (SSSR count). The Balaban J connectivity index is 1.40. The van der Waals surface area contributed by atoms with Crippen LogP contribution in [0.4, 0.5) is 14.5 Å². The fourth-order valence-electron chi connectivity index (χ4n) is 4.03. The van der Waals surface area contributed by atoms with E-state index in [2.05, 4.69) is 10.4 Å². The van der Waals surface area contributed by atoms with Crippen molar-refractivity contribution in [3.63, 3.8) is 0 Å². The summed E-state index contributed by atoms with van der Waals surface area (Å²) >= 11 is 0. The second-order valence-electron chi connectivity index (χ2n) is 7.70. The largest absolute Gasteiger partial charge is 0.371 e. The van der Waals surface area contributed by atoms with Gasteiger partial charge in [0, 0.05) is 31.4 Å². The summed E-state index contributed by atoms with van der Waals surface area (Å²) in [7, 11) is 0. The van der Waals surface area contributed by atoms with Gasteiger partial charge in [0.25, 0.3) is 5.91 Å². The van der Waals surface area contributed by atoms with E-state index in [-0.39, 0.29) is 11.8 Å². The van der Waals surface area contributed by atoms with Gasteiger partial charge in [-0.3, -0.25) is 4.79 Å². The van der Waals surface area contributed by atoms with Crippen LogP contribution in [-0.2, 0) is 0 Å². The van der Waals surface area contributed by atoms with E-state index in [1.54, 1.807) is 10.7 Å². The summed E-state index contributed by atoms with van der Waals surface area (Å²) in [5.41, 5.74) is 3.65. The van der Waals surface area contributed by atoms with Crippen molar-refractivity contribution in [1.82, 2.24) is 15.1 Å². The zero-order valence-corrected chi connectivity index (χ0v) is 17.0. The number of hydrogen-bond acceptors (Lipinski definition) is 3. The third-order valence-electron chi connectivity index (χ3n) is 5.62. The van der Waals surface area contributed by atoms with Crippen LogP contribution in [0.2, 0.25) is 0 Å². The van der Waals surface area contributed by atoms with Gasteiger partial charge in [0.1, 0.15) is 0 Å². The highest BCUT2D eigenvalue weighted by Gasteiger charge is 2.25. The molecule has 1 unspecified atom stereocenters. The van der Waals surface area contributed by atoms with Crippen molar-refractivity contribution in [3.05, 3.63) is 77.1 Å². The topological polar surface area (TPSA) is 50.2 Å². The first kappa shape index (κ1) is 20.1. The molecule has 1 atom stereocenters. The first-order valence-electron chi connectivity index (χ1n) is 10.0. The quantitative estimate of drug-likeness (QED) is 0.691. The number of carbonyl (C=O) groups excluding carboxylic acids is 1. The Kier molecular flexibility index (Phi) is 5.53. The standard InChI is InChI=1S/C23H24F2N4O/c1-15-22(16(2)29(27-15)18-6-4-3-5-7-18)23(30)26-13-17-10-11-28(14-17)19-8-9-20(24)21(25)12-19/h3-9,12,17H,10-11,13-14H2,1-2H3,(H,26,30). The monoisotopic (exact) mass is 410 g/mol. The molecule has 0 saturated carbocycles. The Morgan fingerprint density at radius 3 is 2.60 bits per heavy atom. The Morgan fingerprint density at radius 2 is 1.87 bits per heavy atom. The smallest absolute Gasteiger partial charge is 0.255 e. The molecule has 1 aliphatic heterocycles. The fraction of sp³-hybridized carbons (Fsp3) is 0.304. The van der Waals surface area contributed by atoms with Gasteiger partial charge in [0.2, 0.25) is 0 Å². The number of rotatable bonds is 5. The van der Waals surface area contributed by atoms with Crippen molar-refractivity contribution >= 4 is 11.6 Å². The summed E-state index contributed by atoms with van der Waals surface area (Å²) in [6.45, 7) is 5.68. The van der Waals surface area contributed by atoms with Crippen LogP contribution in [0.15, 0.2) is 48.5 Å². The molecule has 1 saturated heterocycles. The molecule has 0 radical (unpaired) electrons. The maximum Gasteiger partial charge on any atom is 0.255 e. The van der Waals surface area contributed by atoms with Crippen LogP contribution in [0, 0.1) is 31.4 Å². The number of aromatic nitrogens is 2. The molecule has 7 heteroatoms. The van der Waals surface area contributed by atoms with Gasteiger partial charge in [0.15, 0.2) is 11.6 Å². The molecule has 5 nitrogen and oxygen atoms in total. The Morgan fingerprint density at radius 1 is 1.10 bits per heavy atom. The molecule has 3 aromatic rings. The lowest BCUT2D eigenvalue weighted by Crippen LogP contribution is -2.31. The van der Waals surface area contributed by atoms with Crippen molar-refractivity contribution in [3.8, 4) is 5.69 Å². The number of nitrogens with zero attached hydrogens (tertiary/aromatic N) is 3. The highest BCUT2D eigenvalue weighted by Crippen LogP contribution is 2.25. The third kappa shape index (κ3) is 3.92.